The Hall–Kier alpha value is -2.21. The molecule has 1 amide bonds. The van der Waals surface area contributed by atoms with Gasteiger partial charge in [-0.3, -0.25) is 9.36 Å². The summed E-state index contributed by atoms with van der Waals surface area (Å²) in [5, 5.41) is 2.77. The van der Waals surface area contributed by atoms with Gasteiger partial charge in [0.15, 0.2) is 0 Å². The fourth-order valence-electron chi connectivity index (χ4n) is 1.62. The first-order chi connectivity index (χ1) is 9.38. The number of imidazole rings is 1. The van der Waals surface area contributed by atoms with Gasteiger partial charge in [0.25, 0.3) is 0 Å². The van der Waals surface area contributed by atoms with Crippen molar-refractivity contribution in [1.29, 1.82) is 0 Å². The van der Waals surface area contributed by atoms with Crippen LogP contribution in [0.2, 0.25) is 0 Å². The molecule has 2 aromatic heterocycles. The van der Waals surface area contributed by atoms with Crippen molar-refractivity contribution in [1.82, 2.24) is 14.5 Å². The lowest BCUT2D eigenvalue weighted by Crippen LogP contribution is -2.45. The zero-order chi connectivity index (χ0) is 14.8. The molecule has 0 aliphatic heterocycles. The molecule has 0 spiro atoms. The first-order valence-electron chi connectivity index (χ1n) is 6.39. The molecule has 0 unspecified atom stereocenters. The Bertz CT molecular complexity index is 569. The van der Waals surface area contributed by atoms with Crippen molar-refractivity contribution >= 4 is 11.6 Å². The van der Waals surface area contributed by atoms with E-state index in [-0.39, 0.29) is 11.3 Å². The van der Waals surface area contributed by atoms with Crippen molar-refractivity contribution in [2.75, 3.05) is 5.32 Å². The molecule has 2 heterocycles. The number of carbonyl (C=O) groups excluding carboxylic acids is 1. The third-order valence-electron chi connectivity index (χ3n) is 3.00. The summed E-state index contributed by atoms with van der Waals surface area (Å²) in [6.45, 7) is 5.78. The van der Waals surface area contributed by atoms with E-state index in [0.29, 0.717) is 5.69 Å². The van der Waals surface area contributed by atoms with Crippen LogP contribution in [0.1, 0.15) is 20.8 Å². The second-order valence-electron chi connectivity index (χ2n) is 5.71. The molecular weight excluding hydrogens is 254 g/mol. The van der Waals surface area contributed by atoms with Crippen LogP contribution >= 0.6 is 0 Å². The van der Waals surface area contributed by atoms with Crippen LogP contribution < -0.4 is 11.1 Å². The van der Waals surface area contributed by atoms with Crippen molar-refractivity contribution in [3.8, 4) is 5.82 Å². The van der Waals surface area contributed by atoms with Crippen molar-refractivity contribution in [2.45, 2.75) is 26.8 Å². The minimum Gasteiger partial charge on any atom is -0.323 e. The molecule has 106 valence electrons. The predicted molar refractivity (Wildman–Crippen MR) is 77.4 cm³/mol. The normalized spacial score (nSPS) is 13.0. The van der Waals surface area contributed by atoms with Crippen LogP contribution in [-0.4, -0.2) is 26.5 Å². The number of nitrogens with zero attached hydrogens (tertiary/aromatic N) is 3. The maximum absolute atomic E-state index is 12.0. The smallest absolute Gasteiger partial charge is 0.241 e. The Labute approximate surface area is 118 Å². The highest BCUT2D eigenvalue weighted by Gasteiger charge is 2.27. The molecule has 0 aliphatic carbocycles. The van der Waals surface area contributed by atoms with Crippen molar-refractivity contribution in [2.24, 2.45) is 11.1 Å². The monoisotopic (exact) mass is 273 g/mol. The molecule has 1 atom stereocenters. The third kappa shape index (κ3) is 3.21. The lowest BCUT2D eigenvalue weighted by Gasteiger charge is -2.25. The van der Waals surface area contributed by atoms with Gasteiger partial charge in [-0.1, -0.05) is 20.8 Å². The van der Waals surface area contributed by atoms with Crippen LogP contribution in [-0.2, 0) is 4.79 Å². The van der Waals surface area contributed by atoms with Gasteiger partial charge in [-0.05, 0) is 17.5 Å². The van der Waals surface area contributed by atoms with Crippen molar-refractivity contribution in [3.63, 3.8) is 0 Å². The quantitative estimate of drug-likeness (QED) is 0.889. The molecule has 20 heavy (non-hydrogen) atoms. The summed E-state index contributed by atoms with van der Waals surface area (Å²) in [5.74, 6) is 0.523. The number of amides is 1. The highest BCUT2D eigenvalue weighted by molar-refractivity contribution is 5.95. The van der Waals surface area contributed by atoms with Gasteiger partial charge >= 0.3 is 0 Å². The lowest BCUT2D eigenvalue weighted by atomic mass is 9.87. The number of pyridine rings is 1. The van der Waals surface area contributed by atoms with Gasteiger partial charge in [0.1, 0.15) is 12.1 Å². The molecular formula is C14H19N5O. The van der Waals surface area contributed by atoms with E-state index < -0.39 is 6.04 Å². The molecule has 0 aromatic carbocycles. The molecule has 6 nitrogen and oxygen atoms in total. The second-order valence-corrected chi connectivity index (χ2v) is 5.71. The molecule has 6 heteroatoms. The molecule has 0 bridgehead atoms. The largest absolute Gasteiger partial charge is 0.323 e. The molecule has 2 rings (SSSR count). The number of hydrogen-bond acceptors (Lipinski definition) is 4. The zero-order valence-electron chi connectivity index (χ0n) is 11.9. The van der Waals surface area contributed by atoms with Gasteiger partial charge in [0, 0.05) is 12.4 Å². The summed E-state index contributed by atoms with van der Waals surface area (Å²) in [7, 11) is 0. The van der Waals surface area contributed by atoms with Crippen molar-refractivity contribution in [3.05, 3.63) is 37.1 Å². The molecule has 0 radical (unpaired) electrons. The van der Waals surface area contributed by atoms with E-state index in [2.05, 4.69) is 15.3 Å². The first-order valence-corrected chi connectivity index (χ1v) is 6.39. The first kappa shape index (κ1) is 14.2. The Balaban J connectivity index is 2.06. The summed E-state index contributed by atoms with van der Waals surface area (Å²) < 4.78 is 1.78. The number of hydrogen-bond donors (Lipinski definition) is 2. The summed E-state index contributed by atoms with van der Waals surface area (Å²) in [4.78, 5) is 20.2. The summed E-state index contributed by atoms with van der Waals surface area (Å²) >= 11 is 0. The molecule has 0 saturated carbocycles. The molecule has 0 saturated heterocycles. The van der Waals surface area contributed by atoms with Crippen LogP contribution in [0.3, 0.4) is 0 Å². The highest BCUT2D eigenvalue weighted by atomic mass is 16.2. The lowest BCUT2D eigenvalue weighted by molar-refractivity contribution is -0.119. The number of nitrogens with two attached hydrogens (primary N) is 1. The minimum absolute atomic E-state index is 0.213. The Morgan fingerprint density at radius 2 is 2.15 bits per heavy atom. The Kier molecular flexibility index (Phi) is 3.85. The number of aromatic nitrogens is 3. The predicted octanol–water partition coefficient (Wildman–Crippen LogP) is 1.58. The van der Waals surface area contributed by atoms with E-state index >= 15 is 0 Å². The molecule has 2 aromatic rings. The Morgan fingerprint density at radius 1 is 1.40 bits per heavy atom. The second kappa shape index (κ2) is 5.42. The fraction of sp³-hybridized carbons (Fsp3) is 0.357. The molecule has 0 aliphatic rings. The fourth-order valence-corrected chi connectivity index (χ4v) is 1.62. The van der Waals surface area contributed by atoms with E-state index in [0.717, 1.165) is 5.82 Å². The summed E-state index contributed by atoms with van der Waals surface area (Å²) in [6, 6.07) is 3.02. The molecule has 0 fully saturated rings. The number of nitrogens with one attached hydrogen (secondary N) is 1. The van der Waals surface area contributed by atoms with E-state index in [4.69, 9.17) is 5.73 Å². The Morgan fingerprint density at radius 3 is 2.65 bits per heavy atom. The SMILES string of the molecule is CC(C)(C)[C@@H](N)C(=O)Nc1ccc(-n2ccnc2)nc1. The van der Waals surface area contributed by atoms with Gasteiger partial charge in [0.2, 0.25) is 5.91 Å². The van der Waals surface area contributed by atoms with Crippen LogP contribution in [0.4, 0.5) is 5.69 Å². The summed E-state index contributed by atoms with van der Waals surface area (Å²) in [5.41, 5.74) is 6.24. The van der Waals surface area contributed by atoms with E-state index in [9.17, 15) is 4.79 Å². The van der Waals surface area contributed by atoms with Gasteiger partial charge in [-0.25, -0.2) is 9.97 Å². The van der Waals surface area contributed by atoms with Gasteiger partial charge < -0.3 is 11.1 Å². The standard InChI is InChI=1S/C14H19N5O/c1-14(2,3)12(15)13(20)18-10-4-5-11(17-8-10)19-7-6-16-9-19/h4-9,12H,15H2,1-3H3,(H,18,20)/t12-/m0/s1. The maximum Gasteiger partial charge on any atom is 0.241 e. The topological polar surface area (TPSA) is 85.8 Å². The van der Waals surface area contributed by atoms with Crippen LogP contribution in [0, 0.1) is 5.41 Å². The average Bonchev–Trinajstić information content (AvgIpc) is 2.91. The minimum atomic E-state index is -0.573. The van der Waals surface area contributed by atoms with Crippen LogP contribution in [0.25, 0.3) is 5.82 Å². The molecule has 3 N–H and O–H groups in total. The van der Waals surface area contributed by atoms with E-state index in [1.54, 1.807) is 41.6 Å². The average molecular weight is 273 g/mol. The van der Waals surface area contributed by atoms with Crippen molar-refractivity contribution < 1.29 is 4.79 Å². The summed E-state index contributed by atoms with van der Waals surface area (Å²) in [6.07, 6.45) is 6.74. The van der Waals surface area contributed by atoms with E-state index in [1.807, 2.05) is 20.8 Å². The van der Waals surface area contributed by atoms with Gasteiger partial charge in [0.05, 0.1) is 17.9 Å². The number of rotatable bonds is 3. The van der Waals surface area contributed by atoms with Gasteiger partial charge in [-0.2, -0.15) is 0 Å². The maximum atomic E-state index is 12.0. The zero-order valence-corrected chi connectivity index (χ0v) is 11.9. The van der Waals surface area contributed by atoms with Crippen LogP contribution in [0.15, 0.2) is 37.1 Å². The van der Waals surface area contributed by atoms with Gasteiger partial charge in [-0.15, -0.1) is 0 Å². The third-order valence-corrected chi connectivity index (χ3v) is 3.00. The van der Waals surface area contributed by atoms with Crippen LogP contribution in [0.5, 0.6) is 0 Å². The van der Waals surface area contributed by atoms with E-state index in [1.165, 1.54) is 0 Å². The number of anilines is 1. The number of carbonyl (C=O) groups is 1. The highest BCUT2D eigenvalue weighted by Crippen LogP contribution is 2.19.